The van der Waals surface area contributed by atoms with Crippen molar-refractivity contribution in [2.24, 2.45) is 0 Å². The molecule has 0 aliphatic carbocycles. The Bertz CT molecular complexity index is 1460. The van der Waals surface area contributed by atoms with Crippen LogP contribution in [0.15, 0.2) is 59.5 Å². The molecule has 3 aromatic carbocycles. The van der Waals surface area contributed by atoms with Crippen molar-refractivity contribution in [3.8, 4) is 11.5 Å². The molecule has 196 valence electrons. The SMILES string of the molecule is COc1cc(/C=C2\SC(=O)N(Cc3ccc(Cl)c(Cl)c3)C2=O)ccc1OCC(=O)Nc1ccc(C)c(C)c1. The van der Waals surface area contributed by atoms with Crippen LogP contribution in [0.2, 0.25) is 10.0 Å². The Hall–Kier alpha value is -3.46. The summed E-state index contributed by atoms with van der Waals surface area (Å²) >= 11 is 12.9. The topological polar surface area (TPSA) is 84.9 Å². The summed E-state index contributed by atoms with van der Waals surface area (Å²) in [5.74, 6) is 0.0313. The van der Waals surface area contributed by atoms with Gasteiger partial charge in [0, 0.05) is 5.69 Å². The predicted molar refractivity (Wildman–Crippen MR) is 151 cm³/mol. The first-order valence-corrected chi connectivity index (χ1v) is 13.1. The van der Waals surface area contributed by atoms with Crippen LogP contribution >= 0.6 is 35.0 Å². The lowest BCUT2D eigenvalue weighted by molar-refractivity contribution is -0.123. The van der Waals surface area contributed by atoms with Crippen LogP contribution in [0.4, 0.5) is 10.5 Å². The number of benzene rings is 3. The van der Waals surface area contributed by atoms with Crippen LogP contribution in [0.1, 0.15) is 22.3 Å². The lowest BCUT2D eigenvalue weighted by atomic mass is 10.1. The van der Waals surface area contributed by atoms with E-state index in [9.17, 15) is 14.4 Å². The molecule has 0 aromatic heterocycles. The van der Waals surface area contributed by atoms with Crippen LogP contribution in [0, 0.1) is 13.8 Å². The average molecular weight is 571 g/mol. The Morgan fingerprint density at radius 3 is 2.47 bits per heavy atom. The summed E-state index contributed by atoms with van der Waals surface area (Å²) in [4.78, 5) is 39.2. The first kappa shape index (κ1) is 27.6. The number of nitrogens with zero attached hydrogens (tertiary/aromatic N) is 1. The minimum Gasteiger partial charge on any atom is -0.493 e. The molecule has 1 N–H and O–H groups in total. The maximum Gasteiger partial charge on any atom is 0.293 e. The molecule has 0 spiro atoms. The van der Waals surface area contributed by atoms with Gasteiger partial charge < -0.3 is 14.8 Å². The number of nitrogens with one attached hydrogen (secondary N) is 1. The lowest BCUT2D eigenvalue weighted by Gasteiger charge is -2.13. The third-order valence-corrected chi connectivity index (χ3v) is 7.48. The number of anilines is 1. The number of carbonyl (C=O) groups excluding carboxylic acids is 3. The Kier molecular flexibility index (Phi) is 8.66. The molecule has 1 aliphatic rings. The molecule has 0 unspecified atom stereocenters. The molecule has 4 rings (SSSR count). The van der Waals surface area contributed by atoms with E-state index in [1.165, 1.54) is 7.11 Å². The molecule has 10 heteroatoms. The van der Waals surface area contributed by atoms with Crippen molar-refractivity contribution in [2.75, 3.05) is 19.0 Å². The minimum absolute atomic E-state index is 0.0826. The van der Waals surface area contributed by atoms with Gasteiger partial charge >= 0.3 is 0 Å². The Balaban J connectivity index is 1.42. The van der Waals surface area contributed by atoms with Gasteiger partial charge in [0.2, 0.25) is 0 Å². The summed E-state index contributed by atoms with van der Waals surface area (Å²) in [6, 6.07) is 15.7. The predicted octanol–water partition coefficient (Wildman–Crippen LogP) is 6.87. The number of imide groups is 1. The molecular weight excluding hydrogens is 547 g/mol. The Morgan fingerprint density at radius 1 is 0.974 bits per heavy atom. The minimum atomic E-state index is -0.409. The van der Waals surface area contributed by atoms with Crippen molar-refractivity contribution in [1.29, 1.82) is 0 Å². The second kappa shape index (κ2) is 11.9. The summed E-state index contributed by atoms with van der Waals surface area (Å²) in [6.07, 6.45) is 1.61. The van der Waals surface area contributed by atoms with E-state index in [0.717, 1.165) is 27.8 Å². The molecule has 0 saturated carbocycles. The second-order valence-corrected chi connectivity index (χ2v) is 10.4. The third-order valence-electron chi connectivity index (χ3n) is 5.83. The molecule has 7 nitrogen and oxygen atoms in total. The highest BCUT2D eigenvalue weighted by Gasteiger charge is 2.35. The van der Waals surface area contributed by atoms with E-state index in [-0.39, 0.29) is 29.2 Å². The number of hydrogen-bond donors (Lipinski definition) is 1. The maximum atomic E-state index is 12.9. The molecule has 0 radical (unpaired) electrons. The summed E-state index contributed by atoms with van der Waals surface area (Å²) in [6.45, 7) is 3.85. The zero-order valence-electron chi connectivity index (χ0n) is 20.8. The zero-order valence-corrected chi connectivity index (χ0v) is 23.2. The number of rotatable bonds is 8. The van der Waals surface area contributed by atoms with Crippen LogP contribution in [-0.2, 0) is 16.1 Å². The number of hydrogen-bond acceptors (Lipinski definition) is 6. The molecule has 1 heterocycles. The van der Waals surface area contributed by atoms with Crippen LogP contribution < -0.4 is 14.8 Å². The zero-order chi connectivity index (χ0) is 27.4. The number of thioether (sulfide) groups is 1. The van der Waals surface area contributed by atoms with Crippen molar-refractivity contribution in [1.82, 2.24) is 4.90 Å². The first-order valence-electron chi connectivity index (χ1n) is 11.5. The average Bonchev–Trinajstić information content (AvgIpc) is 3.14. The lowest BCUT2D eigenvalue weighted by Crippen LogP contribution is -2.27. The fourth-order valence-corrected chi connectivity index (χ4v) is 4.82. The van der Waals surface area contributed by atoms with Gasteiger partial charge in [0.1, 0.15) is 0 Å². The molecule has 0 bridgehead atoms. The molecule has 1 fully saturated rings. The van der Waals surface area contributed by atoms with Crippen molar-refractivity contribution >= 4 is 63.8 Å². The summed E-state index contributed by atoms with van der Waals surface area (Å²) in [7, 11) is 1.48. The smallest absolute Gasteiger partial charge is 0.293 e. The number of methoxy groups -OCH3 is 1. The molecule has 3 amide bonds. The van der Waals surface area contributed by atoms with E-state index in [1.54, 1.807) is 42.5 Å². The van der Waals surface area contributed by atoms with E-state index in [0.29, 0.717) is 38.4 Å². The molecule has 1 aliphatic heterocycles. The van der Waals surface area contributed by atoms with Crippen molar-refractivity contribution in [3.05, 3.63) is 91.8 Å². The van der Waals surface area contributed by atoms with Gasteiger partial charge in [-0.25, -0.2) is 0 Å². The van der Waals surface area contributed by atoms with Crippen molar-refractivity contribution < 1.29 is 23.9 Å². The molecule has 1 saturated heterocycles. The van der Waals surface area contributed by atoms with Crippen LogP contribution in [0.3, 0.4) is 0 Å². The fourth-order valence-electron chi connectivity index (χ4n) is 3.66. The van der Waals surface area contributed by atoms with Crippen LogP contribution in [-0.4, -0.2) is 35.7 Å². The molecular formula is C28H24Cl2N2O5S. The summed E-state index contributed by atoms with van der Waals surface area (Å²) in [5, 5.41) is 3.17. The van der Waals surface area contributed by atoms with Crippen molar-refractivity contribution in [3.63, 3.8) is 0 Å². The van der Waals surface area contributed by atoms with Gasteiger partial charge in [-0.2, -0.15) is 0 Å². The highest BCUT2D eigenvalue weighted by Crippen LogP contribution is 2.36. The van der Waals surface area contributed by atoms with E-state index in [1.807, 2.05) is 32.0 Å². The number of halogens is 2. The van der Waals surface area contributed by atoms with Gasteiger partial charge in [-0.15, -0.1) is 0 Å². The van der Waals surface area contributed by atoms with Crippen LogP contribution in [0.5, 0.6) is 11.5 Å². The van der Waals surface area contributed by atoms with Gasteiger partial charge in [0.25, 0.3) is 17.1 Å². The summed E-state index contributed by atoms with van der Waals surface area (Å²) in [5.41, 5.74) is 4.23. The van der Waals surface area contributed by atoms with Gasteiger partial charge in [0.05, 0.1) is 28.6 Å². The normalized spacial score (nSPS) is 14.2. The number of aryl methyl sites for hydroxylation is 2. The Labute approximate surface area is 234 Å². The van der Waals surface area contributed by atoms with Crippen LogP contribution in [0.25, 0.3) is 6.08 Å². The van der Waals surface area contributed by atoms with E-state index < -0.39 is 5.91 Å². The maximum absolute atomic E-state index is 12.9. The van der Waals surface area contributed by atoms with E-state index in [4.69, 9.17) is 32.7 Å². The fraction of sp³-hybridized carbons (Fsp3) is 0.179. The van der Waals surface area contributed by atoms with Gasteiger partial charge in [-0.3, -0.25) is 19.3 Å². The molecule has 3 aromatic rings. The number of carbonyl (C=O) groups is 3. The highest BCUT2D eigenvalue weighted by molar-refractivity contribution is 8.18. The Morgan fingerprint density at radius 2 is 1.76 bits per heavy atom. The summed E-state index contributed by atoms with van der Waals surface area (Å²) < 4.78 is 11.1. The first-order chi connectivity index (χ1) is 18.1. The monoisotopic (exact) mass is 570 g/mol. The molecule has 0 atom stereocenters. The van der Waals surface area contributed by atoms with Crippen molar-refractivity contribution in [2.45, 2.75) is 20.4 Å². The standard InChI is InChI=1S/C28H24Cl2N2O5S/c1-16-4-7-20(10-17(16)2)31-26(33)15-37-23-9-6-18(12-24(23)36-3)13-25-27(34)32(28(35)38-25)14-19-5-8-21(29)22(30)11-19/h4-13H,14-15H2,1-3H3,(H,31,33)/b25-13-. The largest absolute Gasteiger partial charge is 0.493 e. The van der Waals surface area contributed by atoms with Gasteiger partial charge in [0.15, 0.2) is 18.1 Å². The highest BCUT2D eigenvalue weighted by atomic mass is 35.5. The quantitative estimate of drug-likeness (QED) is 0.297. The second-order valence-electron chi connectivity index (χ2n) is 8.56. The van der Waals surface area contributed by atoms with Gasteiger partial charge in [-0.05, 0) is 90.3 Å². The van der Waals surface area contributed by atoms with E-state index in [2.05, 4.69) is 5.32 Å². The number of ether oxygens (including phenoxy) is 2. The van der Waals surface area contributed by atoms with E-state index >= 15 is 0 Å². The van der Waals surface area contributed by atoms with Gasteiger partial charge in [-0.1, -0.05) is 41.4 Å². The molecule has 38 heavy (non-hydrogen) atoms. The third kappa shape index (κ3) is 6.51. The number of amides is 3.